The summed E-state index contributed by atoms with van der Waals surface area (Å²) in [6.45, 7) is 16.6. The number of fused-ring (bicyclic) bond motifs is 1. The zero-order chi connectivity index (χ0) is 20.9. The number of H-pyrrole nitrogens is 1. The van der Waals surface area contributed by atoms with E-state index in [1.54, 1.807) is 0 Å². The maximum Gasteiger partial charge on any atom is 0.205 e. The largest absolute Gasteiger partial charge is 0.292 e. The minimum atomic E-state index is -0.194. The first kappa shape index (κ1) is 20.1. The summed E-state index contributed by atoms with van der Waals surface area (Å²) in [5.74, 6) is 1.40. The second-order valence-corrected chi connectivity index (χ2v) is 10.0. The lowest BCUT2D eigenvalue weighted by Gasteiger charge is -2.16. The molecule has 3 aromatic rings. The first-order chi connectivity index (χ1) is 12.9. The summed E-state index contributed by atoms with van der Waals surface area (Å²) in [6.07, 6.45) is 0. The first-order valence-electron chi connectivity index (χ1n) is 9.24. The molecule has 0 atom stereocenters. The van der Waals surface area contributed by atoms with Crippen LogP contribution in [0.5, 0.6) is 0 Å². The molecule has 1 N–H and O–H groups in total. The molecule has 0 amide bonds. The third kappa shape index (κ3) is 3.44. The molecule has 0 aliphatic heterocycles. The molecule has 8 nitrogen and oxygen atoms in total. The summed E-state index contributed by atoms with van der Waals surface area (Å²) in [7, 11) is 0. The van der Waals surface area contributed by atoms with Gasteiger partial charge in [-0.1, -0.05) is 55.4 Å². The van der Waals surface area contributed by atoms with Gasteiger partial charge in [0.1, 0.15) is 11.6 Å². The van der Waals surface area contributed by atoms with Crippen LogP contribution in [0.1, 0.15) is 83.3 Å². The number of rotatable bonds is 3. The van der Waals surface area contributed by atoms with Crippen molar-refractivity contribution < 1.29 is 0 Å². The minimum Gasteiger partial charge on any atom is -0.292 e. The molecule has 3 heterocycles. The number of hydrogen-bond donors (Lipinski definition) is 1. The number of aromatic amines is 1. The van der Waals surface area contributed by atoms with Gasteiger partial charge in [-0.05, 0) is 16.9 Å². The van der Waals surface area contributed by atoms with Crippen LogP contribution >= 0.6 is 11.5 Å². The molecular weight excluding hydrogens is 372 g/mol. The van der Waals surface area contributed by atoms with Gasteiger partial charge in [0.25, 0.3) is 0 Å². The molecule has 0 unspecified atom stereocenters. The maximum absolute atomic E-state index is 9.61. The summed E-state index contributed by atoms with van der Waals surface area (Å²) >= 11 is 1.30. The Hall–Kier alpha value is -2.60. The van der Waals surface area contributed by atoms with E-state index >= 15 is 0 Å². The highest BCUT2D eigenvalue weighted by molar-refractivity contribution is 7.06. The van der Waals surface area contributed by atoms with Gasteiger partial charge in [0.2, 0.25) is 11.5 Å². The van der Waals surface area contributed by atoms with Gasteiger partial charge in [0, 0.05) is 11.3 Å². The SMILES string of the molecule is CC(C)c1nnc2c(N=Nc3nsc(C(C)(C)C)c3C#N)c(C(C)(C)C)[nH]n12. The molecule has 0 spiro atoms. The minimum absolute atomic E-state index is 0.173. The van der Waals surface area contributed by atoms with E-state index in [0.717, 1.165) is 16.4 Å². The molecular formula is C19H26N8S. The second-order valence-electron chi connectivity index (χ2n) is 9.23. The van der Waals surface area contributed by atoms with Crippen LogP contribution in [-0.2, 0) is 10.8 Å². The summed E-state index contributed by atoms with van der Waals surface area (Å²) in [6, 6.07) is 2.24. The van der Waals surface area contributed by atoms with Crippen molar-refractivity contribution in [1.29, 1.82) is 5.26 Å². The van der Waals surface area contributed by atoms with Gasteiger partial charge in [-0.3, -0.25) is 5.10 Å². The van der Waals surface area contributed by atoms with E-state index in [0.29, 0.717) is 22.7 Å². The normalized spacial score (nSPS) is 13.1. The van der Waals surface area contributed by atoms with Gasteiger partial charge in [-0.2, -0.15) is 9.64 Å². The molecule has 0 saturated carbocycles. The third-order valence-electron chi connectivity index (χ3n) is 4.34. The Labute approximate surface area is 168 Å². The predicted octanol–water partition coefficient (Wildman–Crippen LogP) is 5.52. The van der Waals surface area contributed by atoms with Gasteiger partial charge in [0.05, 0.1) is 10.6 Å². The van der Waals surface area contributed by atoms with Gasteiger partial charge < -0.3 is 0 Å². The summed E-state index contributed by atoms with van der Waals surface area (Å²) < 4.78 is 6.23. The third-order valence-corrected chi connectivity index (χ3v) is 5.60. The molecule has 3 aromatic heterocycles. The number of nitrogens with one attached hydrogen (secondary N) is 1. The fraction of sp³-hybridized carbons (Fsp3) is 0.579. The maximum atomic E-state index is 9.61. The Bertz CT molecular complexity index is 1080. The predicted molar refractivity (Wildman–Crippen MR) is 110 cm³/mol. The van der Waals surface area contributed by atoms with Gasteiger partial charge in [-0.15, -0.1) is 20.4 Å². The molecule has 0 aromatic carbocycles. The zero-order valence-corrected chi connectivity index (χ0v) is 18.4. The molecule has 0 fully saturated rings. The Morgan fingerprint density at radius 2 is 1.75 bits per heavy atom. The van der Waals surface area contributed by atoms with Crippen LogP contribution in [0.4, 0.5) is 11.5 Å². The fourth-order valence-corrected chi connectivity index (χ4v) is 3.70. The van der Waals surface area contributed by atoms with Gasteiger partial charge in [0.15, 0.2) is 11.5 Å². The van der Waals surface area contributed by atoms with E-state index in [9.17, 15) is 5.26 Å². The van der Waals surface area contributed by atoms with Gasteiger partial charge in [-0.25, -0.2) is 4.52 Å². The Balaban J connectivity index is 2.15. The van der Waals surface area contributed by atoms with Crippen LogP contribution < -0.4 is 0 Å². The highest BCUT2D eigenvalue weighted by Gasteiger charge is 2.28. The number of azo groups is 1. The summed E-state index contributed by atoms with van der Waals surface area (Å²) in [4.78, 5) is 0.906. The van der Waals surface area contributed by atoms with E-state index in [2.05, 4.69) is 91.4 Å². The molecule has 0 saturated heterocycles. The van der Waals surface area contributed by atoms with Crippen molar-refractivity contribution in [2.75, 3.05) is 0 Å². The molecule has 3 rings (SSSR count). The van der Waals surface area contributed by atoms with E-state index in [-0.39, 0.29) is 16.7 Å². The van der Waals surface area contributed by atoms with Crippen molar-refractivity contribution in [3.8, 4) is 6.07 Å². The Kier molecular flexibility index (Phi) is 4.88. The Morgan fingerprint density at radius 1 is 1.07 bits per heavy atom. The first-order valence-corrected chi connectivity index (χ1v) is 10.0. The highest BCUT2D eigenvalue weighted by atomic mass is 32.1. The topological polar surface area (TPSA) is 107 Å². The molecule has 9 heteroatoms. The van der Waals surface area contributed by atoms with Crippen LogP contribution in [0.25, 0.3) is 5.65 Å². The van der Waals surface area contributed by atoms with Crippen LogP contribution in [0.15, 0.2) is 10.2 Å². The van der Waals surface area contributed by atoms with Crippen molar-refractivity contribution in [1.82, 2.24) is 24.2 Å². The molecule has 0 aliphatic carbocycles. The van der Waals surface area contributed by atoms with Crippen molar-refractivity contribution in [3.05, 3.63) is 22.0 Å². The fourth-order valence-electron chi connectivity index (χ4n) is 2.89. The van der Waals surface area contributed by atoms with Crippen molar-refractivity contribution in [3.63, 3.8) is 0 Å². The molecule has 0 aliphatic rings. The van der Waals surface area contributed by atoms with Crippen molar-refractivity contribution in [2.24, 2.45) is 10.2 Å². The zero-order valence-electron chi connectivity index (χ0n) is 17.6. The summed E-state index contributed by atoms with van der Waals surface area (Å²) in [5.41, 5.74) is 2.28. The van der Waals surface area contributed by atoms with E-state index < -0.39 is 0 Å². The standard InChI is InChI=1S/C19H26N8S/c1-10(2)16-23-24-17-12(13(18(3,4)5)25-27(16)17)21-22-15-11(9-20)14(28-26-15)19(6,7)8/h10,25H,1-8H3. The van der Waals surface area contributed by atoms with E-state index in [1.807, 2.05) is 4.52 Å². The molecule has 28 heavy (non-hydrogen) atoms. The number of hydrogen-bond acceptors (Lipinski definition) is 7. The Morgan fingerprint density at radius 3 is 2.29 bits per heavy atom. The highest BCUT2D eigenvalue weighted by Crippen LogP contribution is 2.38. The van der Waals surface area contributed by atoms with E-state index in [4.69, 9.17) is 0 Å². The smallest absolute Gasteiger partial charge is 0.205 e. The average molecular weight is 399 g/mol. The number of nitrogens with zero attached hydrogens (tertiary/aromatic N) is 7. The van der Waals surface area contributed by atoms with Gasteiger partial charge >= 0.3 is 0 Å². The average Bonchev–Trinajstić information content (AvgIpc) is 3.23. The molecule has 148 valence electrons. The lowest BCUT2D eigenvalue weighted by atomic mass is 9.91. The lowest BCUT2D eigenvalue weighted by molar-refractivity contribution is 0.558. The second kappa shape index (κ2) is 6.78. The van der Waals surface area contributed by atoms with Crippen molar-refractivity contribution >= 4 is 28.7 Å². The monoisotopic (exact) mass is 398 g/mol. The number of aromatic nitrogens is 5. The van der Waals surface area contributed by atoms with Crippen LogP contribution in [0, 0.1) is 11.3 Å². The lowest BCUT2D eigenvalue weighted by Crippen LogP contribution is -2.13. The quantitative estimate of drug-likeness (QED) is 0.586. The molecule has 0 radical (unpaired) electrons. The summed E-state index contributed by atoms with van der Waals surface area (Å²) in [5, 5.41) is 30.4. The number of nitriles is 1. The molecule has 0 bridgehead atoms. The van der Waals surface area contributed by atoms with Crippen LogP contribution in [0.2, 0.25) is 0 Å². The van der Waals surface area contributed by atoms with Crippen LogP contribution in [0.3, 0.4) is 0 Å². The van der Waals surface area contributed by atoms with Crippen molar-refractivity contribution in [2.45, 2.75) is 72.1 Å². The van der Waals surface area contributed by atoms with Crippen LogP contribution in [-0.4, -0.2) is 24.2 Å². The van der Waals surface area contributed by atoms with E-state index in [1.165, 1.54) is 11.5 Å².